The van der Waals surface area contributed by atoms with Gasteiger partial charge < -0.3 is 19.0 Å². The van der Waals surface area contributed by atoms with Gasteiger partial charge in [0.05, 0.1) is 25.8 Å². The zero-order valence-corrected chi connectivity index (χ0v) is 13.4. The second-order valence-corrected chi connectivity index (χ2v) is 5.21. The van der Waals surface area contributed by atoms with E-state index in [9.17, 15) is 4.79 Å². The molecule has 1 N–H and O–H groups in total. The number of methoxy groups -OCH3 is 1. The number of hydrogen-bond donors (Lipinski definition) is 1. The lowest BCUT2D eigenvalue weighted by Gasteiger charge is -2.12. The van der Waals surface area contributed by atoms with Crippen LogP contribution in [0.4, 0.5) is 0 Å². The molecule has 1 atom stereocenters. The first-order valence-corrected chi connectivity index (χ1v) is 7.45. The number of carbonyl (C=O) groups excluding carboxylic acids is 1. The van der Waals surface area contributed by atoms with Gasteiger partial charge in [-0.15, -0.1) is 0 Å². The van der Waals surface area contributed by atoms with Crippen molar-refractivity contribution < 1.29 is 18.5 Å². The van der Waals surface area contributed by atoms with Gasteiger partial charge in [-0.1, -0.05) is 17.3 Å². The first-order chi connectivity index (χ1) is 11.7. The highest BCUT2D eigenvalue weighted by Crippen LogP contribution is 2.20. The Kier molecular flexibility index (Phi) is 4.60. The fourth-order valence-electron chi connectivity index (χ4n) is 2.19. The van der Waals surface area contributed by atoms with Crippen LogP contribution in [0, 0.1) is 0 Å². The number of amides is 1. The van der Waals surface area contributed by atoms with Gasteiger partial charge in [0, 0.05) is 0 Å². The highest BCUT2D eigenvalue weighted by atomic mass is 16.5. The lowest BCUT2D eigenvalue weighted by atomic mass is 10.0. The monoisotopic (exact) mass is 327 g/mol. The predicted octanol–water partition coefficient (Wildman–Crippen LogP) is 2.76. The molecule has 1 amide bonds. The maximum absolute atomic E-state index is 12.3. The van der Waals surface area contributed by atoms with Gasteiger partial charge in [0.2, 0.25) is 5.91 Å². The van der Waals surface area contributed by atoms with Crippen molar-refractivity contribution >= 4 is 5.91 Å². The van der Waals surface area contributed by atoms with E-state index in [0.29, 0.717) is 11.6 Å². The summed E-state index contributed by atoms with van der Waals surface area (Å²) in [6, 6.07) is 10.8. The van der Waals surface area contributed by atoms with Crippen molar-refractivity contribution in [2.24, 2.45) is 0 Å². The summed E-state index contributed by atoms with van der Waals surface area (Å²) in [5, 5.41) is 6.62. The van der Waals surface area contributed by atoms with Gasteiger partial charge >= 0.3 is 0 Å². The molecule has 0 saturated carbocycles. The van der Waals surface area contributed by atoms with Crippen LogP contribution >= 0.6 is 0 Å². The molecule has 124 valence electrons. The van der Waals surface area contributed by atoms with E-state index in [1.165, 1.54) is 6.26 Å². The first-order valence-electron chi connectivity index (χ1n) is 7.45. The van der Waals surface area contributed by atoms with Crippen molar-refractivity contribution in [1.82, 2.24) is 15.5 Å². The molecule has 0 aliphatic heterocycles. The smallest absolute Gasteiger partial charge is 0.293 e. The van der Waals surface area contributed by atoms with Gasteiger partial charge in [-0.3, -0.25) is 4.79 Å². The average molecular weight is 327 g/mol. The number of benzene rings is 1. The van der Waals surface area contributed by atoms with Gasteiger partial charge in [0.15, 0.2) is 11.6 Å². The Morgan fingerprint density at radius 2 is 2.08 bits per heavy atom. The topological polar surface area (TPSA) is 90.4 Å². The van der Waals surface area contributed by atoms with Gasteiger partial charge in [-0.05, 0) is 36.8 Å². The highest BCUT2D eigenvalue weighted by Gasteiger charge is 2.17. The number of rotatable bonds is 6. The van der Waals surface area contributed by atoms with Crippen molar-refractivity contribution in [1.29, 1.82) is 0 Å². The van der Waals surface area contributed by atoms with Crippen LogP contribution in [0.5, 0.6) is 5.75 Å². The third-order valence-corrected chi connectivity index (χ3v) is 3.63. The van der Waals surface area contributed by atoms with E-state index >= 15 is 0 Å². The van der Waals surface area contributed by atoms with Crippen molar-refractivity contribution in [3.63, 3.8) is 0 Å². The summed E-state index contributed by atoms with van der Waals surface area (Å²) in [6.07, 6.45) is 1.53. The van der Waals surface area contributed by atoms with E-state index < -0.39 is 0 Å². The lowest BCUT2D eigenvalue weighted by molar-refractivity contribution is -0.122. The van der Waals surface area contributed by atoms with Gasteiger partial charge in [-0.2, -0.15) is 4.98 Å². The fourth-order valence-corrected chi connectivity index (χ4v) is 2.19. The molecule has 0 saturated heterocycles. The van der Waals surface area contributed by atoms with Crippen molar-refractivity contribution in [2.75, 3.05) is 7.11 Å². The number of ether oxygens (including phenoxy) is 1. The molecule has 1 unspecified atom stereocenters. The Hall–Kier alpha value is -3.09. The van der Waals surface area contributed by atoms with Crippen molar-refractivity contribution in [2.45, 2.75) is 19.4 Å². The molecule has 7 heteroatoms. The third-order valence-electron chi connectivity index (χ3n) is 3.63. The van der Waals surface area contributed by atoms with Crippen LogP contribution in [0.2, 0.25) is 0 Å². The normalized spacial score (nSPS) is 11.9. The third kappa shape index (κ3) is 3.45. The molecular weight excluding hydrogens is 310 g/mol. The zero-order valence-electron chi connectivity index (χ0n) is 13.4. The van der Waals surface area contributed by atoms with Gasteiger partial charge in [0.1, 0.15) is 5.75 Å². The number of furan rings is 1. The second kappa shape index (κ2) is 6.99. The van der Waals surface area contributed by atoms with E-state index in [-0.39, 0.29) is 24.3 Å². The molecule has 0 aliphatic carbocycles. The van der Waals surface area contributed by atoms with Crippen LogP contribution in [0.25, 0.3) is 11.7 Å². The molecule has 24 heavy (non-hydrogen) atoms. The molecule has 7 nitrogen and oxygen atoms in total. The number of aromatic nitrogens is 2. The van der Waals surface area contributed by atoms with E-state index in [0.717, 1.165) is 11.3 Å². The number of nitrogens with zero attached hydrogens (tertiary/aromatic N) is 2. The molecule has 0 fully saturated rings. The van der Waals surface area contributed by atoms with E-state index in [2.05, 4.69) is 15.5 Å². The molecule has 0 radical (unpaired) electrons. The Bertz CT molecular complexity index is 794. The SMILES string of the molecule is COc1ccc(C(C)C(=O)NCc2noc(-c3ccco3)n2)cc1. The summed E-state index contributed by atoms with van der Waals surface area (Å²) in [5.74, 6) is 1.50. The van der Waals surface area contributed by atoms with Gasteiger partial charge in [-0.25, -0.2) is 0 Å². The lowest BCUT2D eigenvalue weighted by Crippen LogP contribution is -2.27. The number of carbonyl (C=O) groups is 1. The minimum atomic E-state index is -0.299. The van der Waals surface area contributed by atoms with Crippen LogP contribution in [0.3, 0.4) is 0 Å². The minimum Gasteiger partial charge on any atom is -0.497 e. The summed E-state index contributed by atoms with van der Waals surface area (Å²) < 4.78 is 15.4. The quantitative estimate of drug-likeness (QED) is 0.748. The minimum absolute atomic E-state index is 0.121. The summed E-state index contributed by atoms with van der Waals surface area (Å²) in [7, 11) is 1.60. The molecular formula is C17H17N3O4. The van der Waals surface area contributed by atoms with Crippen molar-refractivity contribution in [3.05, 3.63) is 54.0 Å². The number of nitrogens with one attached hydrogen (secondary N) is 1. The summed E-state index contributed by atoms with van der Waals surface area (Å²) in [6.45, 7) is 2.02. The Morgan fingerprint density at radius 3 is 2.75 bits per heavy atom. The van der Waals surface area contributed by atoms with E-state index in [4.69, 9.17) is 13.7 Å². The molecule has 0 spiro atoms. The van der Waals surface area contributed by atoms with Crippen molar-refractivity contribution in [3.8, 4) is 17.4 Å². The maximum Gasteiger partial charge on any atom is 0.293 e. The summed E-state index contributed by atoms with van der Waals surface area (Å²) in [5.41, 5.74) is 0.901. The molecule has 3 rings (SSSR count). The summed E-state index contributed by atoms with van der Waals surface area (Å²) in [4.78, 5) is 16.4. The van der Waals surface area contributed by atoms with Crippen LogP contribution in [-0.4, -0.2) is 23.2 Å². The standard InChI is InChI=1S/C17H17N3O4/c1-11(12-5-7-13(22-2)8-6-12)16(21)18-10-15-19-17(24-20-15)14-4-3-9-23-14/h3-9,11H,10H2,1-2H3,(H,18,21). The zero-order chi connectivity index (χ0) is 16.9. The largest absolute Gasteiger partial charge is 0.497 e. The molecule has 0 aliphatic rings. The molecule has 2 aromatic heterocycles. The Balaban J connectivity index is 1.58. The number of hydrogen-bond acceptors (Lipinski definition) is 6. The first kappa shape index (κ1) is 15.8. The van der Waals surface area contributed by atoms with Crippen LogP contribution in [0.15, 0.2) is 51.6 Å². The van der Waals surface area contributed by atoms with E-state index in [1.807, 2.05) is 31.2 Å². The molecule has 0 bridgehead atoms. The highest BCUT2D eigenvalue weighted by molar-refractivity contribution is 5.83. The second-order valence-electron chi connectivity index (χ2n) is 5.21. The maximum atomic E-state index is 12.3. The molecule has 1 aromatic carbocycles. The fraction of sp³-hybridized carbons (Fsp3) is 0.235. The molecule has 3 aromatic rings. The van der Waals surface area contributed by atoms with E-state index in [1.54, 1.807) is 19.2 Å². The average Bonchev–Trinajstić information content (AvgIpc) is 3.30. The molecule has 2 heterocycles. The van der Waals surface area contributed by atoms with Crippen LogP contribution in [0.1, 0.15) is 24.2 Å². The predicted molar refractivity (Wildman–Crippen MR) is 85.3 cm³/mol. The Labute approximate surface area is 138 Å². The van der Waals surface area contributed by atoms with Crippen LogP contribution in [-0.2, 0) is 11.3 Å². The summed E-state index contributed by atoms with van der Waals surface area (Å²) >= 11 is 0. The van der Waals surface area contributed by atoms with Gasteiger partial charge in [0.25, 0.3) is 5.89 Å². The van der Waals surface area contributed by atoms with Crippen LogP contribution < -0.4 is 10.1 Å². The Morgan fingerprint density at radius 1 is 1.29 bits per heavy atom.